The van der Waals surface area contributed by atoms with Crippen LogP contribution in [0, 0.1) is 0 Å². The fraction of sp³-hybridized carbons (Fsp3) is 0.364. The van der Waals surface area contributed by atoms with Gasteiger partial charge in [0, 0.05) is 17.7 Å². The molecule has 0 radical (unpaired) electrons. The van der Waals surface area contributed by atoms with Crippen molar-refractivity contribution in [2.24, 2.45) is 0 Å². The first-order chi connectivity index (χ1) is 7.13. The maximum absolute atomic E-state index is 10.9. The minimum absolute atomic E-state index is 0.0581. The van der Waals surface area contributed by atoms with E-state index in [1.54, 1.807) is 6.07 Å². The van der Waals surface area contributed by atoms with E-state index >= 15 is 0 Å². The molecule has 0 spiro atoms. The van der Waals surface area contributed by atoms with Crippen LogP contribution in [-0.4, -0.2) is 17.2 Å². The van der Waals surface area contributed by atoms with Crippen LogP contribution in [0.2, 0.25) is 0 Å². The number of carboxylic acid groups (broad SMARTS) is 1. The molecule has 3 N–H and O–H groups in total. The summed E-state index contributed by atoms with van der Waals surface area (Å²) in [5, 5.41) is 8.98. The van der Waals surface area contributed by atoms with E-state index in [2.05, 4.69) is 0 Å². The first-order valence-electron chi connectivity index (χ1n) is 4.94. The van der Waals surface area contributed by atoms with Crippen LogP contribution in [0.25, 0.3) is 0 Å². The number of benzene rings is 1. The van der Waals surface area contributed by atoms with Crippen LogP contribution in [0.15, 0.2) is 12.1 Å². The second-order valence-electron chi connectivity index (χ2n) is 3.67. The number of anilines is 1. The molecule has 1 aliphatic heterocycles. The van der Waals surface area contributed by atoms with Crippen molar-refractivity contribution in [3.63, 3.8) is 0 Å². The van der Waals surface area contributed by atoms with Gasteiger partial charge in [-0.1, -0.05) is 6.92 Å². The maximum atomic E-state index is 10.9. The van der Waals surface area contributed by atoms with E-state index in [0.29, 0.717) is 17.9 Å². The Balaban J connectivity index is 2.49. The molecule has 2 rings (SSSR count). The highest BCUT2D eigenvalue weighted by atomic mass is 16.5. The minimum Gasteiger partial charge on any atom is -0.489 e. The highest BCUT2D eigenvalue weighted by Gasteiger charge is 2.28. The molecule has 1 heterocycles. The summed E-state index contributed by atoms with van der Waals surface area (Å²) in [5.74, 6) is -0.516. The SMILES string of the molecule is CCC1Cc2c(N)ccc(C(=O)O)c2O1. The summed E-state index contributed by atoms with van der Waals surface area (Å²) >= 11 is 0. The van der Waals surface area contributed by atoms with E-state index in [-0.39, 0.29) is 11.7 Å². The van der Waals surface area contributed by atoms with Crippen LogP contribution in [-0.2, 0) is 6.42 Å². The Hall–Kier alpha value is -1.71. The van der Waals surface area contributed by atoms with Gasteiger partial charge in [-0.15, -0.1) is 0 Å². The Bertz CT molecular complexity index is 415. The molecule has 0 amide bonds. The molecule has 0 aromatic heterocycles. The normalized spacial score (nSPS) is 18.3. The van der Waals surface area contributed by atoms with Crippen molar-refractivity contribution in [3.8, 4) is 5.75 Å². The molecule has 1 aromatic rings. The molecule has 0 saturated carbocycles. The van der Waals surface area contributed by atoms with Gasteiger partial charge in [0.05, 0.1) is 0 Å². The lowest BCUT2D eigenvalue weighted by atomic mass is 10.0. The van der Waals surface area contributed by atoms with Crippen molar-refractivity contribution in [3.05, 3.63) is 23.3 Å². The Morgan fingerprint density at radius 3 is 3.00 bits per heavy atom. The van der Waals surface area contributed by atoms with Gasteiger partial charge in [0.2, 0.25) is 0 Å². The summed E-state index contributed by atoms with van der Waals surface area (Å²) in [6.07, 6.45) is 1.62. The van der Waals surface area contributed by atoms with Gasteiger partial charge in [-0.3, -0.25) is 0 Å². The molecule has 0 bridgehead atoms. The number of carboxylic acids is 1. The Kier molecular flexibility index (Phi) is 2.26. The van der Waals surface area contributed by atoms with Gasteiger partial charge < -0.3 is 15.6 Å². The summed E-state index contributed by atoms with van der Waals surface area (Å²) in [6, 6.07) is 3.12. The van der Waals surface area contributed by atoms with Gasteiger partial charge in [-0.2, -0.15) is 0 Å². The fourth-order valence-corrected chi connectivity index (χ4v) is 1.82. The third kappa shape index (κ3) is 1.52. The fourth-order valence-electron chi connectivity index (χ4n) is 1.82. The van der Waals surface area contributed by atoms with Crippen molar-refractivity contribution >= 4 is 11.7 Å². The van der Waals surface area contributed by atoms with Crippen LogP contribution < -0.4 is 10.5 Å². The predicted molar refractivity (Wildman–Crippen MR) is 56.2 cm³/mol. The molecule has 15 heavy (non-hydrogen) atoms. The lowest BCUT2D eigenvalue weighted by Crippen LogP contribution is -2.11. The zero-order chi connectivity index (χ0) is 11.0. The summed E-state index contributed by atoms with van der Waals surface area (Å²) in [7, 11) is 0. The third-order valence-corrected chi connectivity index (χ3v) is 2.70. The zero-order valence-corrected chi connectivity index (χ0v) is 8.49. The van der Waals surface area contributed by atoms with Crippen molar-refractivity contribution in [2.45, 2.75) is 25.9 Å². The molecule has 1 aliphatic rings. The quantitative estimate of drug-likeness (QED) is 0.724. The number of hydrogen-bond donors (Lipinski definition) is 2. The third-order valence-electron chi connectivity index (χ3n) is 2.70. The number of nitrogen functional groups attached to an aromatic ring is 1. The van der Waals surface area contributed by atoms with Crippen LogP contribution in [0.5, 0.6) is 5.75 Å². The van der Waals surface area contributed by atoms with Crippen molar-refractivity contribution < 1.29 is 14.6 Å². The number of hydrogen-bond acceptors (Lipinski definition) is 3. The first kappa shape index (κ1) is 9.83. The van der Waals surface area contributed by atoms with Crippen molar-refractivity contribution in [1.82, 2.24) is 0 Å². The van der Waals surface area contributed by atoms with Gasteiger partial charge in [0.25, 0.3) is 0 Å². The summed E-state index contributed by atoms with van der Waals surface area (Å²) in [5.41, 5.74) is 7.44. The number of carbonyl (C=O) groups is 1. The van der Waals surface area contributed by atoms with E-state index in [9.17, 15) is 4.79 Å². The average molecular weight is 207 g/mol. The molecule has 1 unspecified atom stereocenters. The summed E-state index contributed by atoms with van der Waals surface area (Å²) < 4.78 is 5.57. The lowest BCUT2D eigenvalue weighted by Gasteiger charge is -2.08. The van der Waals surface area contributed by atoms with Gasteiger partial charge in [0.1, 0.15) is 17.4 Å². The highest BCUT2D eigenvalue weighted by Crippen LogP contribution is 2.37. The van der Waals surface area contributed by atoms with E-state index in [1.807, 2.05) is 6.92 Å². The predicted octanol–water partition coefficient (Wildman–Crippen LogP) is 1.68. The molecular formula is C11H13NO3. The molecular weight excluding hydrogens is 194 g/mol. The maximum Gasteiger partial charge on any atom is 0.339 e. The topological polar surface area (TPSA) is 72.6 Å². The molecule has 0 aliphatic carbocycles. The molecule has 80 valence electrons. The zero-order valence-electron chi connectivity index (χ0n) is 8.49. The second kappa shape index (κ2) is 3.46. The van der Waals surface area contributed by atoms with Crippen LogP contribution in [0.4, 0.5) is 5.69 Å². The van der Waals surface area contributed by atoms with Gasteiger partial charge in [-0.05, 0) is 18.6 Å². The van der Waals surface area contributed by atoms with Gasteiger partial charge >= 0.3 is 5.97 Å². The molecule has 0 saturated heterocycles. The first-order valence-corrected chi connectivity index (χ1v) is 4.94. The number of fused-ring (bicyclic) bond motifs is 1. The molecule has 1 atom stereocenters. The van der Waals surface area contributed by atoms with Crippen LogP contribution in [0.3, 0.4) is 0 Å². The van der Waals surface area contributed by atoms with Crippen LogP contribution in [0.1, 0.15) is 29.3 Å². The van der Waals surface area contributed by atoms with Crippen molar-refractivity contribution in [1.29, 1.82) is 0 Å². The standard InChI is InChI=1S/C11H13NO3/c1-2-6-5-8-9(12)4-3-7(11(13)14)10(8)15-6/h3-4,6H,2,5,12H2,1H3,(H,13,14). The minimum atomic E-state index is -0.969. The second-order valence-corrected chi connectivity index (χ2v) is 3.67. The lowest BCUT2D eigenvalue weighted by molar-refractivity contribution is 0.0691. The molecule has 0 fully saturated rings. The summed E-state index contributed by atoms with van der Waals surface area (Å²) in [4.78, 5) is 10.9. The van der Waals surface area contributed by atoms with Gasteiger partial charge in [0.15, 0.2) is 0 Å². The van der Waals surface area contributed by atoms with E-state index in [1.165, 1.54) is 6.07 Å². The smallest absolute Gasteiger partial charge is 0.339 e. The van der Waals surface area contributed by atoms with Crippen molar-refractivity contribution in [2.75, 3.05) is 5.73 Å². The van der Waals surface area contributed by atoms with Gasteiger partial charge in [-0.25, -0.2) is 4.79 Å². The monoisotopic (exact) mass is 207 g/mol. The highest BCUT2D eigenvalue weighted by molar-refractivity contribution is 5.92. The largest absolute Gasteiger partial charge is 0.489 e. The Morgan fingerprint density at radius 2 is 2.40 bits per heavy atom. The van der Waals surface area contributed by atoms with E-state index in [4.69, 9.17) is 15.6 Å². The number of ether oxygens (including phenoxy) is 1. The number of nitrogens with two attached hydrogens (primary N) is 1. The molecule has 4 nitrogen and oxygen atoms in total. The summed E-state index contributed by atoms with van der Waals surface area (Å²) in [6.45, 7) is 2.01. The Morgan fingerprint density at radius 1 is 1.67 bits per heavy atom. The Labute approximate surface area is 87.7 Å². The number of aromatic carboxylic acids is 1. The van der Waals surface area contributed by atoms with E-state index in [0.717, 1.165) is 12.0 Å². The number of rotatable bonds is 2. The van der Waals surface area contributed by atoms with Crippen LogP contribution >= 0.6 is 0 Å². The average Bonchev–Trinajstić information content (AvgIpc) is 2.62. The molecule has 1 aromatic carbocycles. The van der Waals surface area contributed by atoms with E-state index < -0.39 is 5.97 Å². The molecule has 4 heteroatoms.